The molecule has 0 saturated heterocycles. The van der Waals surface area contributed by atoms with Gasteiger partial charge < -0.3 is 5.73 Å². The summed E-state index contributed by atoms with van der Waals surface area (Å²) in [5.74, 6) is -0.664. The van der Waals surface area contributed by atoms with Crippen LogP contribution in [0, 0.1) is 19.7 Å². The molecule has 0 radical (unpaired) electrons. The van der Waals surface area contributed by atoms with Crippen molar-refractivity contribution >= 4 is 33.0 Å². The topological polar surface area (TPSA) is 72.2 Å². The van der Waals surface area contributed by atoms with E-state index in [-0.39, 0.29) is 16.1 Å². The maximum Gasteiger partial charge on any atom is 0.262 e. The van der Waals surface area contributed by atoms with E-state index in [2.05, 4.69) is 4.72 Å². The van der Waals surface area contributed by atoms with Crippen molar-refractivity contribution in [1.29, 1.82) is 0 Å². The maximum absolute atomic E-state index is 13.7. The fourth-order valence-electron chi connectivity index (χ4n) is 1.89. The third kappa shape index (κ3) is 3.28. The van der Waals surface area contributed by atoms with Crippen molar-refractivity contribution in [2.24, 2.45) is 0 Å². The van der Waals surface area contributed by atoms with E-state index in [4.69, 9.17) is 17.3 Å². The number of nitrogens with one attached hydrogen (secondary N) is 1. The number of aryl methyl sites for hydroxylation is 1. The van der Waals surface area contributed by atoms with Crippen molar-refractivity contribution in [1.82, 2.24) is 0 Å². The smallest absolute Gasteiger partial charge is 0.262 e. The van der Waals surface area contributed by atoms with Crippen LogP contribution in [0.1, 0.15) is 11.1 Å². The Labute approximate surface area is 127 Å². The molecule has 4 nitrogen and oxygen atoms in total. The average molecular weight is 329 g/mol. The van der Waals surface area contributed by atoms with Gasteiger partial charge in [-0.05, 0) is 49.7 Å². The normalized spacial score (nSPS) is 11.4. The summed E-state index contributed by atoms with van der Waals surface area (Å²) in [5, 5.41) is 0.502. The van der Waals surface area contributed by atoms with Crippen molar-refractivity contribution in [3.8, 4) is 0 Å². The minimum absolute atomic E-state index is 0.0170. The molecular formula is C14H14ClFN2O2S. The molecular weight excluding hydrogens is 315 g/mol. The standard InChI is InChI=1S/C14H14ClFN2O2S/c1-8-5-10(15)3-4-13(8)18-21(19,20)14-7-11(17)6-12(16)9(14)2/h3-7,18H,17H2,1-2H3. The van der Waals surface area contributed by atoms with Crippen LogP contribution in [0.15, 0.2) is 35.2 Å². The lowest BCUT2D eigenvalue weighted by atomic mass is 10.2. The van der Waals surface area contributed by atoms with Crippen LogP contribution in [-0.2, 0) is 10.0 Å². The van der Waals surface area contributed by atoms with Crippen molar-refractivity contribution in [2.45, 2.75) is 18.7 Å². The van der Waals surface area contributed by atoms with E-state index in [9.17, 15) is 12.8 Å². The molecule has 0 heterocycles. The zero-order valence-corrected chi connectivity index (χ0v) is 13.0. The summed E-state index contributed by atoms with van der Waals surface area (Å²) in [4.78, 5) is -0.186. The Balaban J connectivity index is 2.48. The molecule has 7 heteroatoms. The third-order valence-electron chi connectivity index (χ3n) is 3.04. The molecule has 0 fully saturated rings. The summed E-state index contributed by atoms with van der Waals surface area (Å²) < 4.78 is 40.9. The molecule has 21 heavy (non-hydrogen) atoms. The van der Waals surface area contributed by atoms with Gasteiger partial charge in [-0.15, -0.1) is 0 Å². The highest BCUT2D eigenvalue weighted by Crippen LogP contribution is 2.26. The van der Waals surface area contributed by atoms with Crippen LogP contribution < -0.4 is 10.5 Å². The van der Waals surface area contributed by atoms with Crippen molar-refractivity contribution in [3.05, 3.63) is 52.3 Å². The van der Waals surface area contributed by atoms with Crippen LogP contribution in [0.25, 0.3) is 0 Å². The van der Waals surface area contributed by atoms with E-state index in [1.54, 1.807) is 25.1 Å². The second-order valence-corrected chi connectivity index (χ2v) is 6.78. The van der Waals surface area contributed by atoms with Gasteiger partial charge in [-0.25, -0.2) is 12.8 Å². The lowest BCUT2D eigenvalue weighted by Gasteiger charge is -2.13. The molecule has 0 aliphatic carbocycles. The number of rotatable bonds is 3. The van der Waals surface area contributed by atoms with Crippen LogP contribution in [0.3, 0.4) is 0 Å². The molecule has 3 N–H and O–H groups in total. The Bertz CT molecular complexity index is 807. The number of hydrogen-bond donors (Lipinski definition) is 2. The van der Waals surface area contributed by atoms with Gasteiger partial charge >= 0.3 is 0 Å². The summed E-state index contributed by atoms with van der Waals surface area (Å²) >= 11 is 5.83. The van der Waals surface area contributed by atoms with E-state index in [1.165, 1.54) is 13.0 Å². The second kappa shape index (κ2) is 5.54. The van der Waals surface area contributed by atoms with E-state index in [1.807, 2.05) is 0 Å². The summed E-state index contributed by atoms with van der Waals surface area (Å²) in [7, 11) is -3.94. The van der Waals surface area contributed by atoms with Crippen LogP contribution >= 0.6 is 11.6 Å². The summed E-state index contributed by atoms with van der Waals surface area (Å²) in [6, 6.07) is 7.06. The van der Waals surface area contributed by atoms with E-state index >= 15 is 0 Å². The van der Waals surface area contributed by atoms with Gasteiger partial charge in [-0.1, -0.05) is 11.6 Å². The molecule has 2 aromatic rings. The van der Waals surface area contributed by atoms with Gasteiger partial charge in [0.2, 0.25) is 0 Å². The molecule has 0 atom stereocenters. The fraction of sp³-hybridized carbons (Fsp3) is 0.143. The fourth-order valence-corrected chi connectivity index (χ4v) is 3.54. The van der Waals surface area contributed by atoms with Gasteiger partial charge in [0.1, 0.15) is 5.82 Å². The zero-order chi connectivity index (χ0) is 15.8. The Morgan fingerprint density at radius 1 is 1.19 bits per heavy atom. The summed E-state index contributed by atoms with van der Waals surface area (Å²) in [6.07, 6.45) is 0. The number of sulfonamides is 1. The number of nitrogens with two attached hydrogens (primary N) is 1. The molecule has 0 aliphatic rings. The van der Waals surface area contributed by atoms with Crippen LogP contribution in [0.2, 0.25) is 5.02 Å². The highest BCUT2D eigenvalue weighted by Gasteiger charge is 2.20. The van der Waals surface area contributed by atoms with Gasteiger partial charge in [0.05, 0.1) is 10.6 Å². The third-order valence-corrected chi connectivity index (χ3v) is 4.77. The first-order valence-electron chi connectivity index (χ1n) is 6.05. The Morgan fingerprint density at radius 3 is 2.48 bits per heavy atom. The second-order valence-electron chi connectivity index (χ2n) is 4.69. The number of nitrogen functional groups attached to an aromatic ring is 1. The van der Waals surface area contributed by atoms with Gasteiger partial charge in [-0.2, -0.15) is 0 Å². The number of benzene rings is 2. The SMILES string of the molecule is Cc1cc(Cl)ccc1NS(=O)(=O)c1cc(N)cc(F)c1C. The van der Waals surface area contributed by atoms with Crippen molar-refractivity contribution in [2.75, 3.05) is 10.5 Å². The van der Waals surface area contributed by atoms with E-state index in [0.717, 1.165) is 6.07 Å². The average Bonchev–Trinajstić information content (AvgIpc) is 2.37. The van der Waals surface area contributed by atoms with Gasteiger partial charge in [0, 0.05) is 16.3 Å². The summed E-state index contributed by atoms with van der Waals surface area (Å²) in [6.45, 7) is 3.11. The van der Waals surface area contributed by atoms with Crippen LogP contribution in [0.5, 0.6) is 0 Å². The van der Waals surface area contributed by atoms with Gasteiger partial charge in [0.25, 0.3) is 10.0 Å². The Hall–Kier alpha value is -1.79. The van der Waals surface area contributed by atoms with Gasteiger partial charge in [-0.3, -0.25) is 4.72 Å². The molecule has 0 aromatic heterocycles. The first kappa shape index (κ1) is 15.6. The van der Waals surface area contributed by atoms with Crippen LogP contribution in [0.4, 0.5) is 15.8 Å². The highest BCUT2D eigenvalue weighted by molar-refractivity contribution is 7.92. The zero-order valence-electron chi connectivity index (χ0n) is 11.4. The summed E-state index contributed by atoms with van der Waals surface area (Å²) in [5.41, 5.74) is 6.62. The molecule has 0 bridgehead atoms. The van der Waals surface area contributed by atoms with Crippen molar-refractivity contribution < 1.29 is 12.8 Å². The van der Waals surface area contributed by atoms with Crippen LogP contribution in [-0.4, -0.2) is 8.42 Å². The molecule has 2 aromatic carbocycles. The quantitative estimate of drug-likeness (QED) is 0.847. The minimum atomic E-state index is -3.94. The molecule has 112 valence electrons. The maximum atomic E-state index is 13.7. The lowest BCUT2D eigenvalue weighted by molar-refractivity contribution is 0.591. The van der Waals surface area contributed by atoms with E-state index in [0.29, 0.717) is 16.3 Å². The number of hydrogen-bond acceptors (Lipinski definition) is 3. The monoisotopic (exact) mass is 328 g/mol. The Morgan fingerprint density at radius 2 is 1.86 bits per heavy atom. The molecule has 0 amide bonds. The molecule has 2 rings (SSSR count). The number of anilines is 2. The predicted octanol–water partition coefficient (Wildman–Crippen LogP) is 3.48. The first-order chi connectivity index (χ1) is 9.70. The number of halogens is 2. The minimum Gasteiger partial charge on any atom is -0.399 e. The first-order valence-corrected chi connectivity index (χ1v) is 7.91. The molecule has 0 aliphatic heterocycles. The predicted molar refractivity (Wildman–Crippen MR) is 82.5 cm³/mol. The molecule has 0 unspecified atom stereocenters. The lowest BCUT2D eigenvalue weighted by Crippen LogP contribution is -2.16. The Kier molecular flexibility index (Phi) is 4.11. The van der Waals surface area contributed by atoms with E-state index < -0.39 is 15.8 Å². The molecule has 0 spiro atoms. The van der Waals surface area contributed by atoms with Gasteiger partial charge in [0.15, 0.2) is 0 Å². The largest absolute Gasteiger partial charge is 0.399 e. The van der Waals surface area contributed by atoms with Crippen molar-refractivity contribution in [3.63, 3.8) is 0 Å². The molecule has 0 saturated carbocycles. The highest BCUT2D eigenvalue weighted by atomic mass is 35.5.